The number of benzene rings is 2. The first-order valence-corrected chi connectivity index (χ1v) is 15.5. The van der Waals surface area contributed by atoms with Crippen LogP contribution in [0.5, 0.6) is 5.75 Å². The summed E-state index contributed by atoms with van der Waals surface area (Å²) in [4.78, 5) is 44.0. The van der Waals surface area contributed by atoms with Gasteiger partial charge in [-0.05, 0) is 56.2 Å². The van der Waals surface area contributed by atoms with Crippen LogP contribution in [0.2, 0.25) is 5.02 Å². The lowest BCUT2D eigenvalue weighted by atomic mass is 9.84. The molecule has 6 rings (SSSR count). The van der Waals surface area contributed by atoms with E-state index in [-0.39, 0.29) is 30.8 Å². The van der Waals surface area contributed by atoms with Crippen LogP contribution < -0.4 is 15.5 Å². The van der Waals surface area contributed by atoms with E-state index >= 15 is 0 Å². The highest BCUT2D eigenvalue weighted by molar-refractivity contribution is 6.30. The molecule has 2 saturated heterocycles. The van der Waals surface area contributed by atoms with Crippen LogP contribution in [0.25, 0.3) is 10.9 Å². The summed E-state index contributed by atoms with van der Waals surface area (Å²) in [6.45, 7) is 10.1. The van der Waals surface area contributed by atoms with Crippen molar-refractivity contribution in [3.05, 3.63) is 75.0 Å². The molecule has 2 atom stereocenters. The molecule has 3 aliphatic rings. The smallest absolute Gasteiger partial charge is 0.410 e. The zero-order valence-corrected chi connectivity index (χ0v) is 26.2. The minimum Gasteiger partial charge on any atom is -0.483 e. The molecule has 0 bridgehead atoms. The van der Waals surface area contributed by atoms with Gasteiger partial charge < -0.3 is 24.1 Å². The largest absolute Gasteiger partial charge is 0.483 e. The van der Waals surface area contributed by atoms with E-state index in [1.165, 1.54) is 4.90 Å². The lowest BCUT2D eigenvalue weighted by Crippen LogP contribution is -2.61. The predicted molar refractivity (Wildman–Crippen MR) is 167 cm³/mol. The van der Waals surface area contributed by atoms with Crippen molar-refractivity contribution in [2.75, 3.05) is 32.8 Å². The Morgan fingerprint density at radius 1 is 1.07 bits per heavy atom. The van der Waals surface area contributed by atoms with Crippen molar-refractivity contribution < 1.29 is 23.8 Å². The van der Waals surface area contributed by atoms with Gasteiger partial charge in [0, 0.05) is 68.2 Å². The standard InChI is InChI=1S/C33H39ClN4O6/c1-32(2,3)44-31(41)38-11-9-33(18-26(38)30(40)35-19-22-4-6-24(34)7-5-22)21-37-10-8-27(39)25-16-23(17-28(43-33)29(25)37)20-36-12-14-42-15-13-36/h4-8,10,16-17,26H,9,11-15,18-21H2,1-3H3,(H,35,40). The Hall–Kier alpha value is -3.60. The molecule has 1 aromatic heterocycles. The van der Waals surface area contributed by atoms with Gasteiger partial charge in [-0.25, -0.2) is 4.79 Å². The van der Waals surface area contributed by atoms with Gasteiger partial charge in [0.2, 0.25) is 5.91 Å². The Balaban J connectivity index is 1.29. The monoisotopic (exact) mass is 622 g/mol. The summed E-state index contributed by atoms with van der Waals surface area (Å²) >= 11 is 6.03. The van der Waals surface area contributed by atoms with Gasteiger partial charge in [0.25, 0.3) is 0 Å². The van der Waals surface area contributed by atoms with E-state index in [1.807, 2.05) is 45.0 Å². The van der Waals surface area contributed by atoms with E-state index in [2.05, 4.69) is 14.8 Å². The number of aromatic nitrogens is 1. The van der Waals surface area contributed by atoms with Crippen LogP contribution in [0.3, 0.4) is 0 Å². The van der Waals surface area contributed by atoms with Gasteiger partial charge in [0.15, 0.2) is 5.43 Å². The highest BCUT2D eigenvalue weighted by Crippen LogP contribution is 2.41. The number of halogens is 1. The number of nitrogens with one attached hydrogen (secondary N) is 1. The van der Waals surface area contributed by atoms with Crippen molar-refractivity contribution in [1.29, 1.82) is 0 Å². The first-order chi connectivity index (χ1) is 21.0. The number of amides is 2. The fourth-order valence-electron chi connectivity index (χ4n) is 6.33. The number of carbonyl (C=O) groups excluding carboxylic acids is 2. The summed E-state index contributed by atoms with van der Waals surface area (Å²) in [6.07, 6.45) is 2.03. The molecule has 0 aliphatic carbocycles. The minimum atomic E-state index is -0.821. The molecular formula is C33H39ClN4O6. The Bertz CT molecular complexity index is 1610. The number of rotatable bonds is 5. The van der Waals surface area contributed by atoms with Crippen LogP contribution in [0.15, 0.2) is 53.5 Å². The SMILES string of the molecule is CC(C)(C)OC(=O)N1CCC2(CC1C(=O)NCc1ccc(Cl)cc1)Cn1ccc(=O)c3cc(CN4CCOCC4)cc(c31)O2. The molecular weight excluding hydrogens is 584 g/mol. The number of hydrogen-bond donors (Lipinski definition) is 1. The van der Waals surface area contributed by atoms with Crippen molar-refractivity contribution in [2.24, 2.45) is 0 Å². The second-order valence-electron chi connectivity index (χ2n) is 13.0. The molecule has 10 nitrogen and oxygen atoms in total. The molecule has 2 aromatic carbocycles. The first-order valence-electron chi connectivity index (χ1n) is 15.2. The molecule has 4 heterocycles. The minimum absolute atomic E-state index is 0.0555. The molecule has 0 saturated carbocycles. The van der Waals surface area contributed by atoms with Gasteiger partial charge in [-0.1, -0.05) is 23.7 Å². The summed E-state index contributed by atoms with van der Waals surface area (Å²) < 4.78 is 20.1. The van der Waals surface area contributed by atoms with E-state index in [4.69, 9.17) is 25.8 Å². The zero-order valence-electron chi connectivity index (χ0n) is 25.4. The number of carbonyl (C=O) groups is 2. The lowest BCUT2D eigenvalue weighted by Gasteiger charge is -2.48. The Morgan fingerprint density at radius 2 is 1.82 bits per heavy atom. The van der Waals surface area contributed by atoms with Crippen LogP contribution in [-0.2, 0) is 33.9 Å². The third kappa shape index (κ3) is 6.57. The first kappa shape index (κ1) is 30.4. The molecule has 2 unspecified atom stereocenters. The van der Waals surface area contributed by atoms with Crippen molar-refractivity contribution in [3.63, 3.8) is 0 Å². The molecule has 1 N–H and O–H groups in total. The van der Waals surface area contributed by atoms with Crippen molar-refractivity contribution in [3.8, 4) is 5.75 Å². The van der Waals surface area contributed by atoms with Crippen LogP contribution >= 0.6 is 11.6 Å². The quantitative estimate of drug-likeness (QED) is 0.452. The average molecular weight is 623 g/mol. The van der Waals surface area contributed by atoms with E-state index in [1.54, 1.807) is 24.4 Å². The highest BCUT2D eigenvalue weighted by atomic mass is 35.5. The Kier molecular flexibility index (Phi) is 8.34. The molecule has 2 fully saturated rings. The van der Waals surface area contributed by atoms with Crippen molar-refractivity contribution >= 4 is 34.5 Å². The summed E-state index contributed by atoms with van der Waals surface area (Å²) in [5.41, 5.74) is 1.10. The number of ether oxygens (including phenoxy) is 3. The summed E-state index contributed by atoms with van der Waals surface area (Å²) in [5, 5.41) is 4.24. The maximum Gasteiger partial charge on any atom is 0.410 e. The van der Waals surface area contributed by atoms with Gasteiger partial charge >= 0.3 is 6.09 Å². The molecule has 1 spiro atoms. The van der Waals surface area contributed by atoms with Gasteiger partial charge in [-0.15, -0.1) is 0 Å². The normalized spacial score (nSPS) is 22.1. The van der Waals surface area contributed by atoms with E-state index in [0.717, 1.165) is 29.7 Å². The van der Waals surface area contributed by atoms with Gasteiger partial charge in [0.1, 0.15) is 23.0 Å². The fourth-order valence-corrected chi connectivity index (χ4v) is 6.45. The van der Waals surface area contributed by atoms with Gasteiger partial charge in [-0.2, -0.15) is 0 Å². The number of pyridine rings is 1. The van der Waals surface area contributed by atoms with E-state index in [9.17, 15) is 14.4 Å². The Morgan fingerprint density at radius 3 is 2.55 bits per heavy atom. The molecule has 2 amide bonds. The predicted octanol–water partition coefficient (Wildman–Crippen LogP) is 4.33. The third-order valence-electron chi connectivity index (χ3n) is 8.45. The molecule has 11 heteroatoms. The molecule has 3 aromatic rings. The maximum atomic E-state index is 13.8. The second-order valence-corrected chi connectivity index (χ2v) is 13.4. The summed E-state index contributed by atoms with van der Waals surface area (Å²) in [7, 11) is 0. The van der Waals surface area contributed by atoms with Crippen molar-refractivity contribution in [2.45, 2.75) is 70.5 Å². The van der Waals surface area contributed by atoms with Crippen LogP contribution in [0.4, 0.5) is 4.79 Å². The van der Waals surface area contributed by atoms with Gasteiger partial charge in [0.05, 0.1) is 25.3 Å². The number of nitrogens with zero attached hydrogens (tertiary/aromatic N) is 3. The van der Waals surface area contributed by atoms with Crippen LogP contribution in [0.1, 0.15) is 44.7 Å². The lowest BCUT2D eigenvalue weighted by molar-refractivity contribution is -0.133. The number of morpholine rings is 1. The number of hydrogen-bond acceptors (Lipinski definition) is 7. The average Bonchev–Trinajstić information content (AvgIpc) is 2.98. The Labute approximate surface area is 261 Å². The van der Waals surface area contributed by atoms with E-state index in [0.29, 0.717) is 48.9 Å². The highest BCUT2D eigenvalue weighted by Gasteiger charge is 2.49. The molecule has 234 valence electrons. The molecule has 0 radical (unpaired) electrons. The topological polar surface area (TPSA) is 102 Å². The number of piperidine rings is 1. The zero-order chi connectivity index (χ0) is 31.1. The van der Waals surface area contributed by atoms with Gasteiger partial charge in [-0.3, -0.25) is 19.4 Å². The van der Waals surface area contributed by atoms with Crippen LogP contribution in [0, 0.1) is 0 Å². The van der Waals surface area contributed by atoms with Crippen molar-refractivity contribution in [1.82, 2.24) is 19.7 Å². The maximum absolute atomic E-state index is 13.8. The summed E-state index contributed by atoms with van der Waals surface area (Å²) in [5.74, 6) is 0.339. The van der Waals surface area contributed by atoms with E-state index < -0.39 is 23.3 Å². The third-order valence-corrected chi connectivity index (χ3v) is 8.70. The fraction of sp³-hybridized carbons (Fsp3) is 0.485. The summed E-state index contributed by atoms with van der Waals surface area (Å²) in [6, 6.07) is 12.0. The molecule has 3 aliphatic heterocycles. The van der Waals surface area contributed by atoms with Crippen LogP contribution in [-0.4, -0.2) is 76.5 Å². The second kappa shape index (κ2) is 12.1. The number of likely N-dealkylation sites (tertiary alicyclic amines) is 1. The molecule has 44 heavy (non-hydrogen) atoms.